The average Bonchev–Trinajstić information content (AvgIpc) is 2.86. The molecule has 2 N–H and O–H groups in total. The van der Waals surface area contributed by atoms with Crippen LogP contribution in [0.1, 0.15) is 51.3 Å². The van der Waals surface area contributed by atoms with Crippen LogP contribution in [0.15, 0.2) is 10.6 Å². The summed E-state index contributed by atoms with van der Waals surface area (Å²) in [5, 5.41) is 6.40. The number of amides is 1. The normalized spacial score (nSPS) is 21.5. The van der Waals surface area contributed by atoms with E-state index in [0.717, 1.165) is 31.7 Å². The largest absolute Gasteiger partial charge is 0.444 e. The standard InChI is InChI=1S/C15H25N3O2/c1-10-8-17-13(20-10)11(2)18-14(19)15(3,4)12-6-5-7-16-9-12/h8,11-12,16H,5-7,9H2,1-4H3,(H,18,19). The van der Waals surface area contributed by atoms with Gasteiger partial charge in [0.1, 0.15) is 11.8 Å². The lowest BCUT2D eigenvalue weighted by Gasteiger charge is -2.36. The topological polar surface area (TPSA) is 67.2 Å². The van der Waals surface area contributed by atoms with Gasteiger partial charge in [0.25, 0.3) is 0 Å². The zero-order valence-corrected chi connectivity index (χ0v) is 12.8. The van der Waals surface area contributed by atoms with Gasteiger partial charge in [0.05, 0.1) is 6.20 Å². The van der Waals surface area contributed by atoms with E-state index in [2.05, 4.69) is 15.6 Å². The SMILES string of the molecule is Cc1cnc(C(C)NC(=O)C(C)(C)C2CCCNC2)o1. The first-order valence-electron chi connectivity index (χ1n) is 7.35. The summed E-state index contributed by atoms with van der Waals surface area (Å²) >= 11 is 0. The fourth-order valence-corrected chi connectivity index (χ4v) is 2.67. The minimum atomic E-state index is -0.386. The fraction of sp³-hybridized carbons (Fsp3) is 0.733. The molecule has 5 heteroatoms. The molecule has 1 amide bonds. The van der Waals surface area contributed by atoms with Crippen LogP contribution in [0.3, 0.4) is 0 Å². The predicted molar refractivity (Wildman–Crippen MR) is 77.2 cm³/mol. The van der Waals surface area contributed by atoms with Crippen LogP contribution in [0.2, 0.25) is 0 Å². The van der Waals surface area contributed by atoms with Gasteiger partial charge in [-0.3, -0.25) is 4.79 Å². The van der Waals surface area contributed by atoms with Crippen LogP contribution in [0.25, 0.3) is 0 Å². The van der Waals surface area contributed by atoms with E-state index in [-0.39, 0.29) is 17.4 Å². The maximum atomic E-state index is 12.5. The zero-order chi connectivity index (χ0) is 14.8. The van der Waals surface area contributed by atoms with Gasteiger partial charge in [0.2, 0.25) is 11.8 Å². The number of carbonyl (C=O) groups excluding carboxylic acids is 1. The molecule has 0 radical (unpaired) electrons. The molecule has 2 heterocycles. The molecule has 5 nitrogen and oxygen atoms in total. The second-order valence-electron chi connectivity index (χ2n) is 6.27. The second kappa shape index (κ2) is 5.95. The minimum absolute atomic E-state index is 0.0644. The van der Waals surface area contributed by atoms with E-state index in [9.17, 15) is 4.79 Å². The van der Waals surface area contributed by atoms with Crippen molar-refractivity contribution in [3.05, 3.63) is 17.8 Å². The fourth-order valence-electron chi connectivity index (χ4n) is 2.67. The molecule has 1 aliphatic heterocycles. The van der Waals surface area contributed by atoms with Gasteiger partial charge in [-0.05, 0) is 45.7 Å². The summed E-state index contributed by atoms with van der Waals surface area (Å²) in [6, 6.07) is -0.202. The van der Waals surface area contributed by atoms with Crippen molar-refractivity contribution in [2.24, 2.45) is 11.3 Å². The minimum Gasteiger partial charge on any atom is -0.444 e. The third-order valence-electron chi connectivity index (χ3n) is 4.26. The molecule has 0 bridgehead atoms. The number of hydrogen-bond acceptors (Lipinski definition) is 4. The molecule has 20 heavy (non-hydrogen) atoms. The van der Waals surface area contributed by atoms with Gasteiger partial charge < -0.3 is 15.1 Å². The lowest BCUT2D eigenvalue weighted by Crippen LogP contribution is -2.47. The van der Waals surface area contributed by atoms with Crippen LogP contribution in [0.5, 0.6) is 0 Å². The highest BCUT2D eigenvalue weighted by Crippen LogP contribution is 2.32. The highest BCUT2D eigenvalue weighted by molar-refractivity contribution is 5.82. The van der Waals surface area contributed by atoms with Crippen LogP contribution in [-0.4, -0.2) is 24.0 Å². The van der Waals surface area contributed by atoms with Crippen LogP contribution >= 0.6 is 0 Å². The van der Waals surface area contributed by atoms with Gasteiger partial charge >= 0.3 is 0 Å². The quantitative estimate of drug-likeness (QED) is 0.886. The van der Waals surface area contributed by atoms with E-state index >= 15 is 0 Å². The van der Waals surface area contributed by atoms with E-state index < -0.39 is 0 Å². The maximum absolute atomic E-state index is 12.5. The number of nitrogens with one attached hydrogen (secondary N) is 2. The number of hydrogen-bond donors (Lipinski definition) is 2. The molecule has 1 fully saturated rings. The second-order valence-corrected chi connectivity index (χ2v) is 6.27. The summed E-state index contributed by atoms with van der Waals surface area (Å²) in [6.45, 7) is 9.76. The first-order chi connectivity index (χ1) is 9.41. The smallest absolute Gasteiger partial charge is 0.226 e. The number of rotatable bonds is 4. The van der Waals surface area contributed by atoms with Crippen molar-refractivity contribution in [1.82, 2.24) is 15.6 Å². The third kappa shape index (κ3) is 3.20. The van der Waals surface area contributed by atoms with Gasteiger partial charge in [0.15, 0.2) is 0 Å². The molecular formula is C15H25N3O2. The molecule has 1 aromatic heterocycles. The Morgan fingerprint density at radius 1 is 1.60 bits per heavy atom. The summed E-state index contributed by atoms with van der Waals surface area (Å²) in [7, 11) is 0. The van der Waals surface area contributed by atoms with Crippen molar-refractivity contribution >= 4 is 5.91 Å². The highest BCUT2D eigenvalue weighted by atomic mass is 16.4. The summed E-state index contributed by atoms with van der Waals surface area (Å²) in [5.41, 5.74) is -0.386. The van der Waals surface area contributed by atoms with Gasteiger partial charge in [-0.2, -0.15) is 0 Å². The highest BCUT2D eigenvalue weighted by Gasteiger charge is 2.38. The molecular weight excluding hydrogens is 254 g/mol. The van der Waals surface area contributed by atoms with Crippen molar-refractivity contribution in [3.63, 3.8) is 0 Å². The molecule has 0 aliphatic carbocycles. The molecule has 2 unspecified atom stereocenters. The molecule has 0 aromatic carbocycles. The van der Waals surface area contributed by atoms with Gasteiger partial charge in [-0.1, -0.05) is 13.8 Å². The van der Waals surface area contributed by atoms with E-state index in [1.54, 1.807) is 6.20 Å². The Hall–Kier alpha value is -1.36. The maximum Gasteiger partial charge on any atom is 0.226 e. The van der Waals surface area contributed by atoms with E-state index in [0.29, 0.717) is 11.8 Å². The molecule has 2 rings (SSSR count). The zero-order valence-electron chi connectivity index (χ0n) is 12.8. The summed E-state index contributed by atoms with van der Waals surface area (Å²) in [5.74, 6) is 1.76. The van der Waals surface area contributed by atoms with E-state index in [1.807, 2.05) is 27.7 Å². The van der Waals surface area contributed by atoms with Crippen molar-refractivity contribution in [2.45, 2.75) is 46.6 Å². The van der Waals surface area contributed by atoms with Crippen LogP contribution in [0, 0.1) is 18.3 Å². The van der Waals surface area contributed by atoms with Gasteiger partial charge in [0, 0.05) is 5.41 Å². The monoisotopic (exact) mass is 279 g/mol. The Labute approximate surface area is 120 Å². The summed E-state index contributed by atoms with van der Waals surface area (Å²) < 4.78 is 5.47. The Morgan fingerprint density at radius 2 is 2.35 bits per heavy atom. The number of carbonyl (C=O) groups is 1. The molecule has 1 saturated heterocycles. The summed E-state index contributed by atoms with van der Waals surface area (Å²) in [6.07, 6.45) is 3.91. The van der Waals surface area contributed by atoms with Crippen molar-refractivity contribution in [1.29, 1.82) is 0 Å². The number of aromatic nitrogens is 1. The molecule has 0 spiro atoms. The Morgan fingerprint density at radius 3 is 2.90 bits per heavy atom. The van der Waals surface area contributed by atoms with Crippen LogP contribution in [-0.2, 0) is 4.79 Å². The van der Waals surface area contributed by atoms with E-state index in [4.69, 9.17) is 4.42 Å². The number of aryl methyl sites for hydroxylation is 1. The van der Waals surface area contributed by atoms with Gasteiger partial charge in [-0.15, -0.1) is 0 Å². The predicted octanol–water partition coefficient (Wildman–Crippen LogP) is 2.19. The molecule has 2 atom stereocenters. The molecule has 1 aromatic rings. The van der Waals surface area contributed by atoms with Crippen molar-refractivity contribution < 1.29 is 9.21 Å². The lowest BCUT2D eigenvalue weighted by atomic mass is 9.74. The lowest BCUT2D eigenvalue weighted by molar-refractivity contribution is -0.133. The Kier molecular flexibility index (Phi) is 4.48. The van der Waals surface area contributed by atoms with Crippen LogP contribution < -0.4 is 10.6 Å². The molecule has 112 valence electrons. The number of nitrogens with zero attached hydrogens (tertiary/aromatic N) is 1. The van der Waals surface area contributed by atoms with E-state index in [1.165, 1.54) is 0 Å². The van der Waals surface area contributed by atoms with Crippen molar-refractivity contribution in [2.75, 3.05) is 13.1 Å². The third-order valence-corrected chi connectivity index (χ3v) is 4.26. The number of oxazole rings is 1. The Balaban J connectivity index is 1.99. The average molecular weight is 279 g/mol. The first-order valence-corrected chi connectivity index (χ1v) is 7.35. The molecule has 0 saturated carbocycles. The Bertz CT molecular complexity index is 461. The summed E-state index contributed by atoms with van der Waals surface area (Å²) in [4.78, 5) is 16.7. The van der Waals surface area contributed by atoms with Crippen molar-refractivity contribution in [3.8, 4) is 0 Å². The number of piperidine rings is 1. The first kappa shape index (κ1) is 15.0. The molecule has 1 aliphatic rings. The van der Waals surface area contributed by atoms with Crippen LogP contribution in [0.4, 0.5) is 0 Å². The van der Waals surface area contributed by atoms with Gasteiger partial charge in [-0.25, -0.2) is 4.98 Å².